The maximum absolute atomic E-state index is 11.6. The number of hydrogen-bond acceptors (Lipinski definition) is 2. The average Bonchev–Trinajstić information content (AvgIpc) is 2.28. The monoisotopic (exact) mass is 270 g/mol. The Morgan fingerprint density at radius 3 is 2.28 bits per heavy atom. The molecule has 0 heterocycles. The molecule has 0 spiro atoms. The van der Waals surface area contributed by atoms with E-state index in [0.29, 0.717) is 12.3 Å². The van der Waals surface area contributed by atoms with Gasteiger partial charge in [0, 0.05) is 24.4 Å². The first-order chi connectivity index (χ1) is 8.00. The van der Waals surface area contributed by atoms with Crippen LogP contribution in [0.3, 0.4) is 0 Å². The SMILES string of the molecule is CC(N)CC(=O)NC(C)C(C)c1ccccc1.Cl. The van der Waals surface area contributed by atoms with Gasteiger partial charge in [0.15, 0.2) is 0 Å². The Bertz CT molecular complexity index is 354. The molecule has 1 rings (SSSR count). The summed E-state index contributed by atoms with van der Waals surface area (Å²) in [6, 6.07) is 10.2. The lowest BCUT2D eigenvalue weighted by atomic mass is 9.94. The summed E-state index contributed by atoms with van der Waals surface area (Å²) >= 11 is 0. The second-order valence-corrected chi connectivity index (χ2v) is 4.74. The van der Waals surface area contributed by atoms with Crippen molar-refractivity contribution >= 4 is 18.3 Å². The van der Waals surface area contributed by atoms with Crippen LogP contribution in [-0.2, 0) is 4.79 Å². The standard InChI is InChI=1S/C14H22N2O.ClH/c1-10(15)9-14(17)16-12(3)11(2)13-7-5-4-6-8-13;/h4-8,10-12H,9,15H2,1-3H3,(H,16,17);1H. The molecule has 3 atom stereocenters. The van der Waals surface area contributed by atoms with E-state index < -0.39 is 0 Å². The number of carbonyl (C=O) groups is 1. The first kappa shape index (κ1) is 16.9. The van der Waals surface area contributed by atoms with E-state index in [9.17, 15) is 4.79 Å². The minimum absolute atomic E-state index is 0. The second-order valence-electron chi connectivity index (χ2n) is 4.74. The van der Waals surface area contributed by atoms with Crippen LogP contribution in [0.1, 0.15) is 38.7 Å². The second kappa shape index (κ2) is 8.11. The first-order valence-corrected chi connectivity index (χ1v) is 6.10. The summed E-state index contributed by atoms with van der Waals surface area (Å²) in [7, 11) is 0. The molecule has 0 aliphatic rings. The van der Waals surface area contributed by atoms with Gasteiger partial charge >= 0.3 is 0 Å². The molecule has 3 unspecified atom stereocenters. The minimum atomic E-state index is -0.0887. The summed E-state index contributed by atoms with van der Waals surface area (Å²) in [6.07, 6.45) is 0.381. The fourth-order valence-electron chi connectivity index (χ4n) is 1.78. The van der Waals surface area contributed by atoms with E-state index in [4.69, 9.17) is 5.73 Å². The van der Waals surface area contributed by atoms with Gasteiger partial charge in [-0.3, -0.25) is 4.79 Å². The van der Waals surface area contributed by atoms with Crippen molar-refractivity contribution in [2.45, 2.75) is 45.2 Å². The van der Waals surface area contributed by atoms with Crippen molar-refractivity contribution < 1.29 is 4.79 Å². The maximum Gasteiger partial charge on any atom is 0.221 e. The number of hydrogen-bond donors (Lipinski definition) is 2. The van der Waals surface area contributed by atoms with Crippen LogP contribution in [0.25, 0.3) is 0 Å². The van der Waals surface area contributed by atoms with Gasteiger partial charge in [0.2, 0.25) is 5.91 Å². The highest BCUT2D eigenvalue weighted by Crippen LogP contribution is 2.18. The van der Waals surface area contributed by atoms with Crippen molar-refractivity contribution in [1.29, 1.82) is 0 Å². The number of benzene rings is 1. The molecule has 3 nitrogen and oxygen atoms in total. The molecule has 102 valence electrons. The summed E-state index contributed by atoms with van der Waals surface area (Å²) in [6.45, 7) is 5.98. The van der Waals surface area contributed by atoms with E-state index in [1.165, 1.54) is 5.56 Å². The molecule has 0 aromatic heterocycles. The van der Waals surface area contributed by atoms with E-state index in [1.807, 2.05) is 32.0 Å². The Kier molecular flexibility index (Phi) is 7.64. The van der Waals surface area contributed by atoms with Crippen LogP contribution in [-0.4, -0.2) is 18.0 Å². The Balaban J connectivity index is 0.00000289. The van der Waals surface area contributed by atoms with Crippen LogP contribution >= 0.6 is 12.4 Å². The molecule has 0 saturated heterocycles. The van der Waals surface area contributed by atoms with Gasteiger partial charge in [-0.05, 0) is 19.4 Å². The number of carbonyl (C=O) groups excluding carboxylic acids is 1. The number of rotatable bonds is 5. The van der Waals surface area contributed by atoms with E-state index in [2.05, 4.69) is 24.4 Å². The minimum Gasteiger partial charge on any atom is -0.353 e. The molecular formula is C14H23ClN2O. The van der Waals surface area contributed by atoms with Crippen LogP contribution < -0.4 is 11.1 Å². The van der Waals surface area contributed by atoms with E-state index in [1.54, 1.807) is 0 Å². The van der Waals surface area contributed by atoms with E-state index >= 15 is 0 Å². The topological polar surface area (TPSA) is 55.1 Å². The molecule has 1 aromatic rings. The van der Waals surface area contributed by atoms with Gasteiger partial charge in [0.1, 0.15) is 0 Å². The maximum atomic E-state index is 11.6. The Morgan fingerprint density at radius 2 is 1.78 bits per heavy atom. The molecule has 1 amide bonds. The van der Waals surface area contributed by atoms with E-state index in [0.717, 1.165) is 0 Å². The molecule has 1 aromatic carbocycles. The molecule has 0 aliphatic carbocycles. The molecule has 4 heteroatoms. The summed E-state index contributed by atoms with van der Waals surface area (Å²) in [5.74, 6) is 0.323. The lowest BCUT2D eigenvalue weighted by molar-refractivity contribution is -0.122. The van der Waals surface area contributed by atoms with E-state index in [-0.39, 0.29) is 30.4 Å². The molecule has 18 heavy (non-hydrogen) atoms. The van der Waals surface area contributed by atoms with Crippen LogP contribution in [0.4, 0.5) is 0 Å². The number of halogens is 1. The smallest absolute Gasteiger partial charge is 0.221 e. The molecule has 0 radical (unpaired) electrons. The summed E-state index contributed by atoms with van der Waals surface area (Å²) in [5.41, 5.74) is 6.83. The molecule has 0 aliphatic heterocycles. The summed E-state index contributed by atoms with van der Waals surface area (Å²) < 4.78 is 0. The number of nitrogens with two attached hydrogens (primary N) is 1. The average molecular weight is 271 g/mol. The van der Waals surface area contributed by atoms with Crippen molar-refractivity contribution in [3.63, 3.8) is 0 Å². The van der Waals surface area contributed by atoms with Crippen LogP contribution in [0.5, 0.6) is 0 Å². The highest BCUT2D eigenvalue weighted by atomic mass is 35.5. The van der Waals surface area contributed by atoms with Crippen molar-refractivity contribution in [2.24, 2.45) is 5.73 Å². The fourth-order valence-corrected chi connectivity index (χ4v) is 1.78. The van der Waals surface area contributed by atoms with Gasteiger partial charge in [-0.25, -0.2) is 0 Å². The first-order valence-electron chi connectivity index (χ1n) is 6.10. The zero-order valence-electron chi connectivity index (χ0n) is 11.2. The van der Waals surface area contributed by atoms with Gasteiger partial charge < -0.3 is 11.1 Å². The summed E-state index contributed by atoms with van der Waals surface area (Å²) in [4.78, 5) is 11.6. The molecule has 0 fully saturated rings. The Labute approximate surface area is 116 Å². The normalized spacial score (nSPS) is 15.1. The van der Waals surface area contributed by atoms with Crippen molar-refractivity contribution in [3.8, 4) is 0 Å². The Hall–Kier alpha value is -1.06. The molecule has 0 bridgehead atoms. The van der Waals surface area contributed by atoms with Crippen LogP contribution in [0.2, 0.25) is 0 Å². The van der Waals surface area contributed by atoms with Crippen LogP contribution in [0, 0.1) is 0 Å². The zero-order valence-corrected chi connectivity index (χ0v) is 12.0. The number of nitrogens with one attached hydrogen (secondary N) is 1. The predicted octanol–water partition coefficient (Wildman–Crippen LogP) is 2.45. The largest absolute Gasteiger partial charge is 0.353 e. The summed E-state index contributed by atoms with van der Waals surface area (Å²) in [5, 5.41) is 2.99. The van der Waals surface area contributed by atoms with Gasteiger partial charge in [-0.2, -0.15) is 0 Å². The highest BCUT2D eigenvalue weighted by Gasteiger charge is 2.16. The fraction of sp³-hybridized carbons (Fsp3) is 0.500. The molecule has 0 saturated carbocycles. The third kappa shape index (κ3) is 5.52. The third-order valence-corrected chi connectivity index (χ3v) is 2.97. The zero-order chi connectivity index (χ0) is 12.8. The van der Waals surface area contributed by atoms with Gasteiger partial charge in [0.25, 0.3) is 0 Å². The molecular weight excluding hydrogens is 248 g/mol. The lowest BCUT2D eigenvalue weighted by Gasteiger charge is -2.22. The third-order valence-electron chi connectivity index (χ3n) is 2.97. The highest BCUT2D eigenvalue weighted by molar-refractivity contribution is 5.85. The quantitative estimate of drug-likeness (QED) is 0.864. The van der Waals surface area contributed by atoms with Crippen molar-refractivity contribution in [1.82, 2.24) is 5.32 Å². The van der Waals surface area contributed by atoms with Gasteiger partial charge in [-0.1, -0.05) is 37.3 Å². The van der Waals surface area contributed by atoms with Gasteiger partial charge in [-0.15, -0.1) is 12.4 Å². The number of amides is 1. The van der Waals surface area contributed by atoms with Crippen molar-refractivity contribution in [2.75, 3.05) is 0 Å². The van der Waals surface area contributed by atoms with Crippen molar-refractivity contribution in [3.05, 3.63) is 35.9 Å². The van der Waals surface area contributed by atoms with Crippen LogP contribution in [0.15, 0.2) is 30.3 Å². The predicted molar refractivity (Wildman–Crippen MR) is 78.0 cm³/mol. The van der Waals surface area contributed by atoms with Gasteiger partial charge in [0.05, 0.1) is 0 Å². The lowest BCUT2D eigenvalue weighted by Crippen LogP contribution is -2.38. The molecule has 3 N–H and O–H groups in total. The Morgan fingerprint density at radius 1 is 1.22 bits per heavy atom.